The first kappa shape index (κ1) is 15.0. The molecular weight excluding hydrogens is 242 g/mol. The van der Waals surface area contributed by atoms with E-state index in [0.29, 0.717) is 11.3 Å². The first-order valence-corrected chi connectivity index (χ1v) is 6.20. The summed E-state index contributed by atoms with van der Waals surface area (Å²) in [7, 11) is 0. The molecule has 0 atom stereocenters. The first-order valence-electron chi connectivity index (χ1n) is 6.20. The number of nitrogen functional groups attached to an aromatic ring is 1. The molecule has 0 unspecified atom stereocenters. The fraction of sp³-hybridized carbons (Fsp3) is 0.429. The zero-order valence-electron chi connectivity index (χ0n) is 11.9. The van der Waals surface area contributed by atoms with E-state index < -0.39 is 5.91 Å². The highest BCUT2D eigenvalue weighted by molar-refractivity contribution is 5.98. The van der Waals surface area contributed by atoms with Crippen LogP contribution in [0.4, 0.5) is 5.69 Å². The molecule has 0 aliphatic rings. The molecule has 0 saturated heterocycles. The lowest BCUT2D eigenvalue weighted by Crippen LogP contribution is -2.43. The Hall–Kier alpha value is -2.04. The molecule has 1 rings (SSSR count). The van der Waals surface area contributed by atoms with Crippen molar-refractivity contribution < 1.29 is 9.59 Å². The number of nitrogens with two attached hydrogens (primary N) is 2. The molecule has 19 heavy (non-hydrogen) atoms. The van der Waals surface area contributed by atoms with E-state index in [-0.39, 0.29) is 18.5 Å². The first-order chi connectivity index (χ1) is 8.73. The monoisotopic (exact) mass is 263 g/mol. The Labute approximate surface area is 113 Å². The van der Waals surface area contributed by atoms with Gasteiger partial charge in [-0.05, 0) is 44.9 Å². The van der Waals surface area contributed by atoms with Crippen LogP contribution in [0.1, 0.15) is 35.3 Å². The molecule has 5 heteroatoms. The minimum Gasteiger partial charge on any atom is -0.398 e. The van der Waals surface area contributed by atoms with Crippen molar-refractivity contribution in [2.45, 2.75) is 33.7 Å². The summed E-state index contributed by atoms with van der Waals surface area (Å²) in [5, 5.41) is 0. The second kappa shape index (κ2) is 5.73. The molecule has 0 spiro atoms. The SMILES string of the molecule is Cc1cc(C)c(C(=O)N(CC(N)=O)C(C)C)cc1N. The van der Waals surface area contributed by atoms with Crippen LogP contribution >= 0.6 is 0 Å². The Balaban J connectivity index is 3.16. The van der Waals surface area contributed by atoms with Gasteiger partial charge >= 0.3 is 0 Å². The minimum absolute atomic E-state index is 0.0935. The summed E-state index contributed by atoms with van der Waals surface area (Å²) in [6, 6.07) is 3.41. The number of benzene rings is 1. The molecule has 4 N–H and O–H groups in total. The van der Waals surface area contributed by atoms with Crippen molar-refractivity contribution in [2.24, 2.45) is 5.73 Å². The van der Waals surface area contributed by atoms with Gasteiger partial charge in [-0.2, -0.15) is 0 Å². The maximum absolute atomic E-state index is 12.5. The molecule has 1 aromatic carbocycles. The molecule has 0 radical (unpaired) electrons. The van der Waals surface area contributed by atoms with Gasteiger partial charge in [0.15, 0.2) is 0 Å². The highest BCUT2D eigenvalue weighted by Crippen LogP contribution is 2.20. The largest absolute Gasteiger partial charge is 0.398 e. The van der Waals surface area contributed by atoms with Crippen LogP contribution in [-0.2, 0) is 4.79 Å². The number of anilines is 1. The number of nitrogens with zero attached hydrogens (tertiary/aromatic N) is 1. The molecule has 0 aliphatic carbocycles. The smallest absolute Gasteiger partial charge is 0.254 e. The standard InChI is InChI=1S/C14H21N3O2/c1-8(2)17(7-13(16)18)14(19)11-6-12(15)10(4)5-9(11)3/h5-6,8H,7,15H2,1-4H3,(H2,16,18). The summed E-state index contributed by atoms with van der Waals surface area (Å²) >= 11 is 0. The van der Waals surface area contributed by atoms with Gasteiger partial charge < -0.3 is 16.4 Å². The van der Waals surface area contributed by atoms with E-state index in [4.69, 9.17) is 11.5 Å². The van der Waals surface area contributed by atoms with Gasteiger partial charge in [0.1, 0.15) is 0 Å². The molecule has 5 nitrogen and oxygen atoms in total. The van der Waals surface area contributed by atoms with E-state index >= 15 is 0 Å². The normalized spacial score (nSPS) is 10.6. The van der Waals surface area contributed by atoms with Crippen LogP contribution in [0.25, 0.3) is 0 Å². The number of hydrogen-bond donors (Lipinski definition) is 2. The lowest BCUT2D eigenvalue weighted by atomic mass is 10.0. The third-order valence-electron chi connectivity index (χ3n) is 3.05. The van der Waals surface area contributed by atoms with E-state index in [1.54, 1.807) is 6.07 Å². The molecule has 1 aromatic rings. The third kappa shape index (κ3) is 3.47. The van der Waals surface area contributed by atoms with Gasteiger partial charge in [0, 0.05) is 17.3 Å². The van der Waals surface area contributed by atoms with E-state index in [9.17, 15) is 9.59 Å². The molecule has 104 valence electrons. The summed E-state index contributed by atoms with van der Waals surface area (Å²) in [4.78, 5) is 25.0. The average Bonchev–Trinajstić information content (AvgIpc) is 2.29. The number of primary amides is 1. The second-order valence-corrected chi connectivity index (χ2v) is 5.02. The third-order valence-corrected chi connectivity index (χ3v) is 3.05. The van der Waals surface area contributed by atoms with Crippen molar-refractivity contribution in [3.63, 3.8) is 0 Å². The average molecular weight is 263 g/mol. The molecule has 0 saturated carbocycles. The Morgan fingerprint density at radius 1 is 1.21 bits per heavy atom. The minimum atomic E-state index is -0.528. The van der Waals surface area contributed by atoms with Crippen LogP contribution in [0.2, 0.25) is 0 Å². The van der Waals surface area contributed by atoms with Crippen LogP contribution in [0.3, 0.4) is 0 Å². The lowest BCUT2D eigenvalue weighted by molar-refractivity contribution is -0.119. The maximum atomic E-state index is 12.5. The van der Waals surface area contributed by atoms with Crippen molar-refractivity contribution in [3.8, 4) is 0 Å². The zero-order valence-corrected chi connectivity index (χ0v) is 11.9. The number of carbonyl (C=O) groups is 2. The van der Waals surface area contributed by atoms with Crippen molar-refractivity contribution >= 4 is 17.5 Å². The maximum Gasteiger partial charge on any atom is 0.254 e. The highest BCUT2D eigenvalue weighted by Gasteiger charge is 2.22. The lowest BCUT2D eigenvalue weighted by Gasteiger charge is -2.26. The molecular formula is C14H21N3O2. The Morgan fingerprint density at radius 3 is 2.26 bits per heavy atom. The second-order valence-electron chi connectivity index (χ2n) is 5.02. The van der Waals surface area contributed by atoms with Crippen LogP contribution < -0.4 is 11.5 Å². The van der Waals surface area contributed by atoms with Gasteiger partial charge in [0.05, 0.1) is 6.54 Å². The highest BCUT2D eigenvalue weighted by atomic mass is 16.2. The predicted octanol–water partition coefficient (Wildman–Crippen LogP) is 1.22. The molecule has 0 aromatic heterocycles. The Bertz CT molecular complexity index is 510. The predicted molar refractivity (Wildman–Crippen MR) is 75.7 cm³/mol. The van der Waals surface area contributed by atoms with Crippen LogP contribution in [0.15, 0.2) is 12.1 Å². The van der Waals surface area contributed by atoms with Gasteiger partial charge in [0.25, 0.3) is 5.91 Å². The molecule has 2 amide bonds. The fourth-order valence-corrected chi connectivity index (χ4v) is 1.91. The summed E-state index contributed by atoms with van der Waals surface area (Å²) in [5.41, 5.74) is 13.9. The van der Waals surface area contributed by atoms with Gasteiger partial charge in [-0.15, -0.1) is 0 Å². The van der Waals surface area contributed by atoms with E-state index in [1.807, 2.05) is 33.8 Å². The number of rotatable bonds is 4. The van der Waals surface area contributed by atoms with Crippen molar-refractivity contribution in [2.75, 3.05) is 12.3 Å². The number of carbonyl (C=O) groups excluding carboxylic acids is 2. The summed E-state index contributed by atoms with van der Waals surface area (Å²) in [6.45, 7) is 7.33. The van der Waals surface area contributed by atoms with Gasteiger partial charge in [0.2, 0.25) is 5.91 Å². The number of aryl methyl sites for hydroxylation is 2. The zero-order chi connectivity index (χ0) is 14.7. The van der Waals surface area contributed by atoms with Crippen molar-refractivity contribution in [1.29, 1.82) is 0 Å². The quantitative estimate of drug-likeness (QED) is 0.800. The topological polar surface area (TPSA) is 89.4 Å². The van der Waals surface area contributed by atoms with Crippen LogP contribution in [0.5, 0.6) is 0 Å². The van der Waals surface area contributed by atoms with Gasteiger partial charge in [-0.25, -0.2) is 0 Å². The van der Waals surface area contributed by atoms with E-state index in [0.717, 1.165) is 11.1 Å². The van der Waals surface area contributed by atoms with Gasteiger partial charge in [-0.1, -0.05) is 6.07 Å². The number of amides is 2. The Kier molecular flexibility index (Phi) is 4.53. The van der Waals surface area contributed by atoms with Crippen molar-refractivity contribution in [1.82, 2.24) is 4.90 Å². The van der Waals surface area contributed by atoms with Gasteiger partial charge in [-0.3, -0.25) is 9.59 Å². The summed E-state index contributed by atoms with van der Waals surface area (Å²) < 4.78 is 0. The molecule has 0 bridgehead atoms. The van der Waals surface area contributed by atoms with Crippen molar-refractivity contribution in [3.05, 3.63) is 28.8 Å². The summed E-state index contributed by atoms with van der Waals surface area (Å²) in [5.74, 6) is -0.752. The Morgan fingerprint density at radius 2 is 1.79 bits per heavy atom. The summed E-state index contributed by atoms with van der Waals surface area (Å²) in [6.07, 6.45) is 0. The molecule has 0 aliphatic heterocycles. The van der Waals surface area contributed by atoms with Crippen LogP contribution in [-0.4, -0.2) is 29.3 Å². The van der Waals surface area contributed by atoms with E-state index in [2.05, 4.69) is 0 Å². The fourth-order valence-electron chi connectivity index (χ4n) is 1.91. The van der Waals surface area contributed by atoms with Crippen LogP contribution in [0, 0.1) is 13.8 Å². The number of hydrogen-bond acceptors (Lipinski definition) is 3. The van der Waals surface area contributed by atoms with E-state index in [1.165, 1.54) is 4.90 Å². The molecule has 0 heterocycles. The molecule has 0 fully saturated rings.